The minimum atomic E-state index is 0.450. The molecule has 0 fully saturated rings. The summed E-state index contributed by atoms with van der Waals surface area (Å²) in [5.41, 5.74) is 5.11. The van der Waals surface area contributed by atoms with Crippen molar-refractivity contribution in [1.29, 1.82) is 0 Å². The van der Waals surface area contributed by atoms with Crippen LogP contribution < -0.4 is 5.32 Å². The predicted octanol–water partition coefficient (Wildman–Crippen LogP) is 3.60. The average molecular weight is 350 g/mol. The van der Waals surface area contributed by atoms with E-state index < -0.39 is 0 Å². The van der Waals surface area contributed by atoms with Crippen molar-refractivity contribution in [2.75, 3.05) is 13.6 Å². The molecule has 114 valence electrons. The number of nitrogens with one attached hydrogen (secondary N) is 1. The molecule has 0 amide bonds. The number of aromatic nitrogens is 2. The number of benzene rings is 1. The fourth-order valence-corrected chi connectivity index (χ4v) is 3.53. The van der Waals surface area contributed by atoms with Crippen molar-refractivity contribution in [3.63, 3.8) is 0 Å². The fourth-order valence-electron chi connectivity index (χ4n) is 2.75. The maximum Gasteiger partial charge on any atom is 0.0766 e. The number of halogens is 1. The average Bonchev–Trinajstić information content (AvgIpc) is 2.74. The molecule has 0 saturated carbocycles. The minimum Gasteiger partial charge on any atom is -0.319 e. The first-order chi connectivity index (χ1) is 10.1. The van der Waals surface area contributed by atoms with E-state index in [4.69, 9.17) is 0 Å². The van der Waals surface area contributed by atoms with Gasteiger partial charge in [0.25, 0.3) is 0 Å². The molecular weight excluding hydrogens is 326 g/mol. The van der Waals surface area contributed by atoms with Crippen LogP contribution in [0.25, 0.3) is 0 Å². The summed E-state index contributed by atoms with van der Waals surface area (Å²) in [6, 6.07) is 8.80. The topological polar surface area (TPSA) is 29.9 Å². The quantitative estimate of drug-likeness (QED) is 0.863. The molecule has 0 aliphatic heterocycles. The van der Waals surface area contributed by atoms with Crippen molar-refractivity contribution in [3.8, 4) is 0 Å². The third-order valence-electron chi connectivity index (χ3n) is 3.91. The molecule has 1 aromatic carbocycles. The first-order valence-electron chi connectivity index (χ1n) is 7.48. The second-order valence-electron chi connectivity index (χ2n) is 5.56. The van der Waals surface area contributed by atoms with Crippen LogP contribution in [0.3, 0.4) is 0 Å². The molecule has 0 spiro atoms. The molecule has 3 nitrogen and oxygen atoms in total. The number of aryl methyl sites for hydroxylation is 3. The molecule has 2 aromatic rings. The first kappa shape index (κ1) is 16.2. The standard InChI is InChI=1S/C17H24BrN3/c1-5-15-17(18)16(21(4)20-15)10-14(11-19-3)13-8-6-7-12(2)9-13/h6-9,14,19H,5,10-11H2,1-4H3. The van der Waals surface area contributed by atoms with Gasteiger partial charge in [0.2, 0.25) is 0 Å². The van der Waals surface area contributed by atoms with E-state index in [1.807, 2.05) is 18.8 Å². The van der Waals surface area contributed by atoms with Crippen LogP contribution in [0.1, 0.15) is 35.4 Å². The zero-order valence-corrected chi connectivity index (χ0v) is 14.9. The van der Waals surface area contributed by atoms with Crippen LogP contribution >= 0.6 is 15.9 Å². The lowest BCUT2D eigenvalue weighted by Gasteiger charge is -2.18. The Morgan fingerprint density at radius 3 is 2.71 bits per heavy atom. The Hall–Kier alpha value is -1.13. The molecule has 1 N–H and O–H groups in total. The summed E-state index contributed by atoms with van der Waals surface area (Å²) in [6.07, 6.45) is 1.93. The summed E-state index contributed by atoms with van der Waals surface area (Å²) in [5.74, 6) is 0.450. The van der Waals surface area contributed by atoms with Crippen LogP contribution in [-0.4, -0.2) is 23.4 Å². The Labute approximate surface area is 135 Å². The molecular formula is C17H24BrN3. The Morgan fingerprint density at radius 2 is 2.14 bits per heavy atom. The number of hydrogen-bond acceptors (Lipinski definition) is 2. The van der Waals surface area contributed by atoms with E-state index in [9.17, 15) is 0 Å². The van der Waals surface area contributed by atoms with E-state index in [0.29, 0.717) is 5.92 Å². The molecule has 1 heterocycles. The predicted molar refractivity (Wildman–Crippen MR) is 91.8 cm³/mol. The Bertz CT molecular complexity index is 604. The Balaban J connectivity index is 2.30. The van der Waals surface area contributed by atoms with E-state index in [1.165, 1.54) is 21.3 Å². The normalized spacial score (nSPS) is 12.6. The summed E-state index contributed by atoms with van der Waals surface area (Å²) in [7, 11) is 4.05. The van der Waals surface area contributed by atoms with Crippen LogP contribution in [-0.2, 0) is 19.9 Å². The van der Waals surface area contributed by atoms with Crippen molar-refractivity contribution >= 4 is 15.9 Å². The highest BCUT2D eigenvalue weighted by Crippen LogP contribution is 2.28. The summed E-state index contributed by atoms with van der Waals surface area (Å²) in [6.45, 7) is 5.25. The molecule has 0 saturated heterocycles. The van der Waals surface area contributed by atoms with Crippen molar-refractivity contribution in [1.82, 2.24) is 15.1 Å². The maximum absolute atomic E-state index is 4.60. The van der Waals surface area contributed by atoms with Crippen molar-refractivity contribution in [2.45, 2.75) is 32.6 Å². The van der Waals surface area contributed by atoms with Gasteiger partial charge < -0.3 is 5.32 Å². The van der Waals surface area contributed by atoms with Crippen LogP contribution in [0.5, 0.6) is 0 Å². The van der Waals surface area contributed by atoms with E-state index in [-0.39, 0.29) is 0 Å². The van der Waals surface area contributed by atoms with Gasteiger partial charge in [-0.05, 0) is 48.3 Å². The molecule has 21 heavy (non-hydrogen) atoms. The minimum absolute atomic E-state index is 0.450. The second kappa shape index (κ2) is 7.23. The van der Waals surface area contributed by atoms with E-state index in [0.717, 1.165) is 25.1 Å². The molecule has 4 heteroatoms. The maximum atomic E-state index is 4.60. The van der Waals surface area contributed by atoms with Gasteiger partial charge in [-0.1, -0.05) is 36.8 Å². The highest BCUT2D eigenvalue weighted by Gasteiger charge is 2.18. The van der Waals surface area contributed by atoms with Gasteiger partial charge in [-0.25, -0.2) is 0 Å². The lowest BCUT2D eigenvalue weighted by Crippen LogP contribution is -2.20. The molecule has 1 atom stereocenters. The summed E-state index contributed by atoms with van der Waals surface area (Å²) in [5, 5.41) is 7.92. The van der Waals surface area contributed by atoms with Crippen LogP contribution in [0.15, 0.2) is 28.7 Å². The van der Waals surface area contributed by atoms with Gasteiger partial charge in [-0.3, -0.25) is 4.68 Å². The van der Waals surface area contributed by atoms with Crippen molar-refractivity contribution in [2.24, 2.45) is 7.05 Å². The number of hydrogen-bond donors (Lipinski definition) is 1. The summed E-state index contributed by atoms with van der Waals surface area (Å²) >= 11 is 3.73. The monoisotopic (exact) mass is 349 g/mol. The first-order valence-corrected chi connectivity index (χ1v) is 8.27. The molecule has 1 unspecified atom stereocenters. The zero-order valence-electron chi connectivity index (χ0n) is 13.3. The van der Waals surface area contributed by atoms with E-state index in [1.54, 1.807) is 0 Å². The highest BCUT2D eigenvalue weighted by molar-refractivity contribution is 9.10. The summed E-state index contributed by atoms with van der Waals surface area (Å²) < 4.78 is 3.18. The molecule has 0 aliphatic rings. The van der Waals surface area contributed by atoms with Gasteiger partial charge in [-0.15, -0.1) is 0 Å². The zero-order chi connectivity index (χ0) is 15.4. The van der Waals surface area contributed by atoms with Gasteiger partial charge in [0.05, 0.1) is 15.9 Å². The third-order valence-corrected chi connectivity index (χ3v) is 4.82. The lowest BCUT2D eigenvalue weighted by atomic mass is 9.93. The van der Waals surface area contributed by atoms with Gasteiger partial charge >= 0.3 is 0 Å². The molecule has 0 radical (unpaired) electrons. The number of likely N-dealkylation sites (N-methyl/N-ethyl adjacent to an activating group) is 1. The number of rotatable bonds is 6. The second-order valence-corrected chi connectivity index (χ2v) is 6.35. The largest absolute Gasteiger partial charge is 0.319 e. The van der Waals surface area contributed by atoms with Crippen molar-refractivity contribution in [3.05, 3.63) is 51.3 Å². The molecule has 1 aromatic heterocycles. The fraction of sp³-hybridized carbons (Fsp3) is 0.471. The lowest BCUT2D eigenvalue weighted by molar-refractivity contribution is 0.589. The smallest absolute Gasteiger partial charge is 0.0766 e. The molecule has 0 bridgehead atoms. The molecule has 2 rings (SSSR count). The summed E-state index contributed by atoms with van der Waals surface area (Å²) in [4.78, 5) is 0. The van der Waals surface area contributed by atoms with Gasteiger partial charge in [0, 0.05) is 19.5 Å². The van der Waals surface area contributed by atoms with Crippen LogP contribution in [0.2, 0.25) is 0 Å². The highest BCUT2D eigenvalue weighted by atomic mass is 79.9. The van der Waals surface area contributed by atoms with Crippen molar-refractivity contribution < 1.29 is 0 Å². The van der Waals surface area contributed by atoms with Gasteiger partial charge in [-0.2, -0.15) is 5.10 Å². The van der Waals surface area contributed by atoms with Gasteiger partial charge in [0.15, 0.2) is 0 Å². The molecule has 0 aliphatic carbocycles. The van der Waals surface area contributed by atoms with Crippen LogP contribution in [0.4, 0.5) is 0 Å². The Kier molecular flexibility index (Phi) is 5.59. The van der Waals surface area contributed by atoms with Gasteiger partial charge in [0.1, 0.15) is 0 Å². The van der Waals surface area contributed by atoms with E-state index >= 15 is 0 Å². The van der Waals surface area contributed by atoms with Crippen LogP contribution in [0, 0.1) is 6.92 Å². The number of nitrogens with zero attached hydrogens (tertiary/aromatic N) is 2. The SMILES string of the molecule is CCc1nn(C)c(CC(CNC)c2cccc(C)c2)c1Br. The third kappa shape index (κ3) is 3.74. The Morgan fingerprint density at radius 1 is 1.38 bits per heavy atom. The van der Waals surface area contributed by atoms with E-state index in [2.05, 4.69) is 64.5 Å².